The highest BCUT2D eigenvalue weighted by molar-refractivity contribution is 6.17. The van der Waals surface area contributed by atoms with Crippen molar-refractivity contribution >= 4 is 33.7 Å². The summed E-state index contributed by atoms with van der Waals surface area (Å²) in [7, 11) is 0. The Morgan fingerprint density at radius 1 is 0.952 bits per heavy atom. The van der Waals surface area contributed by atoms with Gasteiger partial charge in [0, 0.05) is 17.8 Å². The number of benzene rings is 1. The van der Waals surface area contributed by atoms with Gasteiger partial charge in [0.1, 0.15) is 11.3 Å². The zero-order valence-corrected chi connectivity index (χ0v) is 11.8. The van der Waals surface area contributed by atoms with Gasteiger partial charge in [0.15, 0.2) is 5.65 Å². The fourth-order valence-corrected chi connectivity index (χ4v) is 2.75. The van der Waals surface area contributed by atoms with Gasteiger partial charge in [-0.05, 0) is 24.3 Å². The number of rotatable bonds is 2. The van der Waals surface area contributed by atoms with Crippen molar-refractivity contribution in [2.24, 2.45) is 0 Å². The van der Waals surface area contributed by atoms with Crippen molar-refractivity contribution < 1.29 is 0 Å². The molecule has 3 heterocycles. The van der Waals surface area contributed by atoms with Crippen LogP contribution in [-0.2, 0) is 5.88 Å². The molecular weight excluding hydrogens is 284 g/mol. The van der Waals surface area contributed by atoms with Crippen molar-refractivity contribution in [1.29, 1.82) is 0 Å². The summed E-state index contributed by atoms with van der Waals surface area (Å²) in [5.41, 5.74) is 3.49. The lowest BCUT2D eigenvalue weighted by Crippen LogP contribution is -2.01. The minimum Gasteiger partial charge on any atom is -0.277 e. The second-order valence-electron chi connectivity index (χ2n) is 4.70. The molecule has 0 fully saturated rings. The van der Waals surface area contributed by atoms with E-state index < -0.39 is 0 Å². The van der Waals surface area contributed by atoms with Crippen LogP contribution in [0.4, 0.5) is 0 Å². The molecule has 0 radical (unpaired) electrons. The molecule has 1 aromatic carbocycles. The molecule has 0 atom stereocenters. The Labute approximate surface area is 126 Å². The van der Waals surface area contributed by atoms with Gasteiger partial charge in [-0.15, -0.1) is 11.6 Å². The molecule has 0 unspecified atom stereocenters. The average Bonchev–Trinajstić information content (AvgIpc) is 2.92. The minimum absolute atomic E-state index is 0.319. The number of pyridine rings is 2. The highest BCUT2D eigenvalue weighted by atomic mass is 35.5. The third-order valence-electron chi connectivity index (χ3n) is 3.46. The van der Waals surface area contributed by atoms with E-state index in [1.54, 1.807) is 12.4 Å². The van der Waals surface area contributed by atoms with Gasteiger partial charge in [-0.2, -0.15) is 0 Å². The molecule has 4 aromatic rings. The van der Waals surface area contributed by atoms with E-state index in [1.807, 2.05) is 47.0 Å². The maximum atomic E-state index is 6.07. The van der Waals surface area contributed by atoms with E-state index in [1.165, 1.54) is 0 Å². The lowest BCUT2D eigenvalue weighted by Gasteiger charge is -2.09. The zero-order chi connectivity index (χ0) is 14.2. The molecule has 3 aromatic heterocycles. The maximum absolute atomic E-state index is 6.07. The maximum Gasteiger partial charge on any atom is 0.164 e. The number of alkyl halides is 1. The van der Waals surface area contributed by atoms with Gasteiger partial charge >= 0.3 is 0 Å². The van der Waals surface area contributed by atoms with Gasteiger partial charge in [-0.25, -0.2) is 9.97 Å². The molecule has 0 bridgehead atoms. The van der Waals surface area contributed by atoms with Crippen LogP contribution in [0.5, 0.6) is 0 Å². The molecule has 0 spiro atoms. The highest BCUT2D eigenvalue weighted by Gasteiger charge is 2.14. The van der Waals surface area contributed by atoms with E-state index in [2.05, 4.69) is 15.0 Å². The number of halogens is 1. The number of nitrogens with zero attached hydrogens (tertiary/aromatic N) is 4. The first-order chi connectivity index (χ1) is 10.4. The van der Waals surface area contributed by atoms with Crippen molar-refractivity contribution in [2.75, 3.05) is 0 Å². The summed E-state index contributed by atoms with van der Waals surface area (Å²) < 4.78 is 1.98. The van der Waals surface area contributed by atoms with Crippen molar-refractivity contribution in [3.8, 4) is 5.69 Å². The Hall–Kier alpha value is -2.46. The van der Waals surface area contributed by atoms with Crippen molar-refractivity contribution in [3.63, 3.8) is 0 Å². The van der Waals surface area contributed by atoms with E-state index in [9.17, 15) is 0 Å². The normalized spacial score (nSPS) is 11.3. The largest absolute Gasteiger partial charge is 0.277 e. The number of imidazole rings is 1. The molecule has 0 N–H and O–H groups in total. The molecule has 5 heteroatoms. The molecule has 102 valence electrons. The standard InChI is InChI=1S/C16H11ClN4/c17-10-14-20-12-6-3-9-19-16(12)21(14)13-7-1-4-11-5-2-8-18-15(11)13/h1-9H,10H2. The Bertz CT molecular complexity index is 940. The second kappa shape index (κ2) is 4.82. The van der Waals surface area contributed by atoms with Crippen LogP contribution in [0.2, 0.25) is 0 Å². The van der Waals surface area contributed by atoms with Gasteiger partial charge in [0.2, 0.25) is 0 Å². The predicted molar refractivity (Wildman–Crippen MR) is 83.7 cm³/mol. The summed E-state index contributed by atoms with van der Waals surface area (Å²) >= 11 is 6.07. The van der Waals surface area contributed by atoms with Gasteiger partial charge < -0.3 is 0 Å². The third-order valence-corrected chi connectivity index (χ3v) is 3.70. The molecule has 21 heavy (non-hydrogen) atoms. The molecule has 4 nitrogen and oxygen atoms in total. The first-order valence-electron chi connectivity index (χ1n) is 6.61. The van der Waals surface area contributed by atoms with E-state index in [-0.39, 0.29) is 0 Å². The van der Waals surface area contributed by atoms with Crippen LogP contribution in [0, 0.1) is 0 Å². The minimum atomic E-state index is 0.319. The van der Waals surface area contributed by atoms with Crippen molar-refractivity contribution in [2.45, 2.75) is 5.88 Å². The summed E-state index contributed by atoms with van der Waals surface area (Å²) in [6, 6.07) is 13.8. The van der Waals surface area contributed by atoms with Crippen LogP contribution >= 0.6 is 11.6 Å². The van der Waals surface area contributed by atoms with Gasteiger partial charge in [-0.3, -0.25) is 9.55 Å². The Morgan fingerprint density at radius 3 is 2.67 bits per heavy atom. The van der Waals surface area contributed by atoms with Crippen molar-refractivity contribution in [1.82, 2.24) is 19.5 Å². The van der Waals surface area contributed by atoms with E-state index in [0.29, 0.717) is 5.88 Å². The Balaban J connectivity index is 2.13. The highest BCUT2D eigenvalue weighted by Crippen LogP contribution is 2.26. The SMILES string of the molecule is ClCc1nc2cccnc2n1-c1cccc2cccnc12. The summed E-state index contributed by atoms with van der Waals surface area (Å²) in [4.78, 5) is 13.5. The summed E-state index contributed by atoms with van der Waals surface area (Å²) in [6.45, 7) is 0. The Morgan fingerprint density at radius 2 is 1.76 bits per heavy atom. The number of hydrogen-bond acceptors (Lipinski definition) is 3. The first-order valence-corrected chi connectivity index (χ1v) is 7.14. The van der Waals surface area contributed by atoms with Crippen LogP contribution in [0.3, 0.4) is 0 Å². The predicted octanol–water partition coefficient (Wildman–Crippen LogP) is 3.71. The molecule has 0 amide bonds. The monoisotopic (exact) mass is 294 g/mol. The van der Waals surface area contributed by atoms with Crippen LogP contribution in [0.25, 0.3) is 27.8 Å². The average molecular weight is 295 g/mol. The zero-order valence-electron chi connectivity index (χ0n) is 11.1. The molecule has 0 aliphatic carbocycles. The second-order valence-corrected chi connectivity index (χ2v) is 4.96. The summed E-state index contributed by atoms with van der Waals surface area (Å²) in [5, 5.41) is 1.08. The fourth-order valence-electron chi connectivity index (χ4n) is 2.57. The lowest BCUT2D eigenvalue weighted by atomic mass is 10.2. The smallest absolute Gasteiger partial charge is 0.164 e. The van der Waals surface area contributed by atoms with Crippen molar-refractivity contribution in [3.05, 3.63) is 60.7 Å². The lowest BCUT2D eigenvalue weighted by molar-refractivity contribution is 0.973. The number of hydrogen-bond donors (Lipinski definition) is 0. The van der Waals surface area contributed by atoms with Gasteiger partial charge in [0.25, 0.3) is 0 Å². The third kappa shape index (κ3) is 1.87. The van der Waals surface area contributed by atoms with Gasteiger partial charge in [0.05, 0.1) is 17.1 Å². The summed E-state index contributed by atoms with van der Waals surface area (Å²) in [6.07, 6.45) is 3.55. The molecule has 0 aliphatic heterocycles. The quantitative estimate of drug-likeness (QED) is 0.529. The van der Waals surface area contributed by atoms with Crippen LogP contribution in [-0.4, -0.2) is 19.5 Å². The van der Waals surface area contributed by atoms with E-state index in [0.717, 1.165) is 33.6 Å². The first kappa shape index (κ1) is 12.3. The molecule has 4 rings (SSSR count). The number of aromatic nitrogens is 4. The van der Waals surface area contributed by atoms with E-state index >= 15 is 0 Å². The topological polar surface area (TPSA) is 43.6 Å². The number of para-hydroxylation sites is 1. The van der Waals surface area contributed by atoms with Crippen LogP contribution in [0.1, 0.15) is 5.82 Å². The molecular formula is C16H11ClN4. The summed E-state index contributed by atoms with van der Waals surface area (Å²) in [5.74, 6) is 1.09. The van der Waals surface area contributed by atoms with E-state index in [4.69, 9.17) is 11.6 Å². The fraction of sp³-hybridized carbons (Fsp3) is 0.0625. The molecule has 0 saturated carbocycles. The van der Waals surface area contributed by atoms with Gasteiger partial charge in [-0.1, -0.05) is 18.2 Å². The van der Waals surface area contributed by atoms with Crippen LogP contribution < -0.4 is 0 Å². The van der Waals surface area contributed by atoms with Crippen LogP contribution in [0.15, 0.2) is 54.9 Å². The number of fused-ring (bicyclic) bond motifs is 2. The Kier molecular flexibility index (Phi) is 2.82. The molecule has 0 saturated heterocycles. The molecule has 0 aliphatic rings.